The van der Waals surface area contributed by atoms with Crippen LogP contribution < -0.4 is 5.32 Å². The van der Waals surface area contributed by atoms with Gasteiger partial charge in [-0.05, 0) is 54.3 Å². The van der Waals surface area contributed by atoms with Crippen molar-refractivity contribution in [2.75, 3.05) is 26.3 Å². The van der Waals surface area contributed by atoms with E-state index >= 15 is 0 Å². The molecule has 20 heteroatoms. The van der Waals surface area contributed by atoms with E-state index in [0.717, 1.165) is 16.2 Å². The van der Waals surface area contributed by atoms with Crippen LogP contribution in [0.2, 0.25) is 0 Å². The topological polar surface area (TPSA) is 247 Å². The molecule has 2 saturated heterocycles. The molecule has 0 unspecified atom stereocenters. The molecule has 6 rings (SSSR count). The van der Waals surface area contributed by atoms with Gasteiger partial charge in [0.2, 0.25) is 5.91 Å². The molecule has 0 aliphatic carbocycles. The van der Waals surface area contributed by atoms with Gasteiger partial charge in [-0.15, -0.1) is 11.8 Å². The molecule has 3 aliphatic heterocycles. The minimum absolute atomic E-state index is 0.0561. The summed E-state index contributed by atoms with van der Waals surface area (Å²) in [6.07, 6.45) is -1.41. The molecule has 0 spiro atoms. The van der Waals surface area contributed by atoms with Crippen molar-refractivity contribution in [3.8, 4) is 0 Å². The Hall–Kier alpha value is -6.12. The number of hydrogen-bond donors (Lipinski definition) is 2. The maximum atomic E-state index is 13.6. The Morgan fingerprint density at radius 2 is 1.39 bits per heavy atom. The summed E-state index contributed by atoms with van der Waals surface area (Å²) in [6, 6.07) is 16.7. The average Bonchev–Trinajstić information content (AvgIpc) is 3.71. The zero-order chi connectivity index (χ0) is 42.4. The van der Waals surface area contributed by atoms with Crippen molar-refractivity contribution in [2.45, 2.75) is 63.3 Å². The molecule has 6 atom stereocenters. The number of carbonyl (C=O) groups is 3. The van der Waals surface area contributed by atoms with Gasteiger partial charge in [-0.3, -0.25) is 35.1 Å². The van der Waals surface area contributed by atoms with Crippen molar-refractivity contribution >= 4 is 46.9 Å². The van der Waals surface area contributed by atoms with E-state index in [2.05, 4.69) is 5.32 Å². The van der Waals surface area contributed by atoms with E-state index in [1.54, 1.807) is 28.9 Å². The van der Waals surface area contributed by atoms with Gasteiger partial charge in [0.1, 0.15) is 13.2 Å². The first kappa shape index (κ1) is 42.5. The van der Waals surface area contributed by atoms with Crippen molar-refractivity contribution in [2.24, 2.45) is 11.8 Å². The fourth-order valence-electron chi connectivity index (χ4n) is 7.51. The van der Waals surface area contributed by atoms with E-state index in [0.29, 0.717) is 24.0 Å². The third-order valence-electron chi connectivity index (χ3n) is 10.5. The summed E-state index contributed by atoms with van der Waals surface area (Å²) >= 11 is 1.54. The number of alkyl carbamates (subject to hydrolysis) is 1. The van der Waals surface area contributed by atoms with Crippen LogP contribution in [0, 0.1) is 42.2 Å². The number of rotatable bonds is 17. The number of thioether (sulfide) groups is 1. The molecular weight excluding hydrogens is 793 g/mol. The van der Waals surface area contributed by atoms with Crippen molar-refractivity contribution < 1.29 is 48.5 Å². The summed E-state index contributed by atoms with van der Waals surface area (Å²) in [5.41, 5.74) is 2.40. The molecule has 3 amide bonds. The standard InChI is InChI=1S/C39H42N6O13S/c1-23-35-34(24(2)46)37(47)42(35)33(17-25-3-9-28(10-4-25)43(50)51)36(23)59-32-18-31(41(19-32)39(49)58-21-27-7-13-30(14-8-27)45(54)55)22-56-16-15-40-38(48)57-20-26-5-11-29(12-6-26)44(52)53/h3-14,23-24,31-32,34-35,46H,15-22H2,1-2H3,(H,40,48)/t23-,24-,31+,32+,34-,35-/m1/s1. The maximum Gasteiger partial charge on any atom is 0.410 e. The number of nitro groups is 3. The number of ether oxygens (including phenoxy) is 3. The maximum absolute atomic E-state index is 13.6. The number of aliphatic hydroxyl groups is 1. The highest BCUT2D eigenvalue weighted by Gasteiger charge is 2.58. The molecule has 0 radical (unpaired) electrons. The first-order valence-corrected chi connectivity index (χ1v) is 19.6. The van der Waals surface area contributed by atoms with Crippen LogP contribution in [0.1, 0.15) is 37.0 Å². The minimum Gasteiger partial charge on any atom is -0.445 e. The lowest BCUT2D eigenvalue weighted by atomic mass is 9.79. The molecule has 312 valence electrons. The number of carbonyl (C=O) groups excluding carboxylic acids is 3. The van der Waals surface area contributed by atoms with Crippen LogP contribution in [0.25, 0.3) is 0 Å². The number of benzene rings is 3. The molecule has 3 aromatic rings. The molecule has 0 aromatic heterocycles. The summed E-state index contributed by atoms with van der Waals surface area (Å²) in [7, 11) is 0. The van der Waals surface area contributed by atoms with E-state index in [-0.39, 0.29) is 79.7 Å². The van der Waals surface area contributed by atoms with Gasteiger partial charge in [0.25, 0.3) is 17.1 Å². The zero-order valence-electron chi connectivity index (χ0n) is 32.0. The number of fused-ring (bicyclic) bond motifs is 1. The average molecular weight is 835 g/mol. The number of nitrogens with one attached hydrogen (secondary N) is 1. The minimum atomic E-state index is -0.864. The number of allylic oxidation sites excluding steroid dienone is 1. The zero-order valence-corrected chi connectivity index (χ0v) is 32.9. The van der Waals surface area contributed by atoms with Gasteiger partial charge in [0.05, 0.1) is 52.1 Å². The van der Waals surface area contributed by atoms with Gasteiger partial charge in [-0.1, -0.05) is 19.1 Å². The Morgan fingerprint density at radius 1 is 0.864 bits per heavy atom. The number of nitro benzene ring substituents is 3. The van der Waals surface area contributed by atoms with E-state index in [9.17, 15) is 49.8 Å². The summed E-state index contributed by atoms with van der Waals surface area (Å²) in [4.78, 5) is 75.2. The third kappa shape index (κ3) is 9.95. The first-order valence-electron chi connectivity index (χ1n) is 18.7. The number of aliphatic hydroxyl groups excluding tert-OH is 1. The van der Waals surface area contributed by atoms with Crippen molar-refractivity contribution in [1.29, 1.82) is 0 Å². The normalized spacial score (nSPS) is 21.4. The molecule has 3 aromatic carbocycles. The van der Waals surface area contributed by atoms with Crippen LogP contribution in [0.4, 0.5) is 26.7 Å². The molecule has 19 nitrogen and oxygen atoms in total. The fraction of sp³-hybridized carbons (Fsp3) is 0.410. The fourth-order valence-corrected chi connectivity index (χ4v) is 9.08. The molecular formula is C39H42N6O13S. The second-order valence-corrected chi connectivity index (χ2v) is 15.8. The van der Waals surface area contributed by atoms with Gasteiger partial charge in [0.15, 0.2) is 0 Å². The Kier molecular flexibility index (Phi) is 13.4. The monoisotopic (exact) mass is 834 g/mol. The smallest absolute Gasteiger partial charge is 0.410 e. The molecule has 2 fully saturated rings. The first-order chi connectivity index (χ1) is 28.2. The quantitative estimate of drug-likeness (QED) is 0.0740. The summed E-state index contributed by atoms with van der Waals surface area (Å²) in [5.74, 6) is -0.921. The lowest BCUT2D eigenvalue weighted by Crippen LogP contribution is -2.63. The number of likely N-dealkylation sites (tertiary alicyclic amines) is 1. The highest BCUT2D eigenvalue weighted by molar-refractivity contribution is 8.03. The SMILES string of the molecule is C[C@@H](O)[C@H]1C(=O)N2C(Cc3ccc([N+](=O)[O-])cc3)=C(S[C@H]3C[C@@H](COCCNC(=O)OCc4ccc([N+](=O)[O-])cc4)N(C(=O)OCc4ccc([N+](=O)[O-])cc4)C3)[C@H](C)[C@H]12. The molecule has 0 saturated carbocycles. The molecule has 2 N–H and O–H groups in total. The second kappa shape index (κ2) is 18.6. The lowest BCUT2D eigenvalue weighted by molar-refractivity contribution is -0.385. The van der Waals surface area contributed by atoms with E-state index in [4.69, 9.17) is 14.2 Å². The molecule has 59 heavy (non-hydrogen) atoms. The summed E-state index contributed by atoms with van der Waals surface area (Å²) < 4.78 is 16.7. The largest absolute Gasteiger partial charge is 0.445 e. The predicted octanol–water partition coefficient (Wildman–Crippen LogP) is 5.48. The summed E-state index contributed by atoms with van der Waals surface area (Å²) in [6.45, 7) is 3.87. The van der Waals surface area contributed by atoms with Gasteiger partial charge in [-0.25, -0.2) is 9.59 Å². The molecule has 0 bridgehead atoms. The van der Waals surface area contributed by atoms with Gasteiger partial charge in [0, 0.05) is 77.7 Å². The van der Waals surface area contributed by atoms with Gasteiger partial charge < -0.3 is 34.4 Å². The number of non-ortho nitro benzene ring substituents is 3. The number of nitrogens with zero attached hydrogens (tertiary/aromatic N) is 5. The van der Waals surface area contributed by atoms with Crippen LogP contribution in [0.15, 0.2) is 83.4 Å². The van der Waals surface area contributed by atoms with E-state index < -0.39 is 45.0 Å². The van der Waals surface area contributed by atoms with Crippen molar-refractivity contribution in [3.63, 3.8) is 0 Å². The Balaban J connectivity index is 1.11. The van der Waals surface area contributed by atoms with Crippen LogP contribution in [-0.2, 0) is 38.6 Å². The second-order valence-electron chi connectivity index (χ2n) is 14.4. The Labute approximate surface area is 341 Å². The van der Waals surface area contributed by atoms with Crippen LogP contribution in [0.5, 0.6) is 0 Å². The third-order valence-corrected chi connectivity index (χ3v) is 12.0. The highest BCUT2D eigenvalue weighted by atomic mass is 32.2. The van der Waals surface area contributed by atoms with E-state index in [1.807, 2.05) is 6.92 Å². The Morgan fingerprint density at radius 3 is 1.92 bits per heavy atom. The van der Waals surface area contributed by atoms with Crippen molar-refractivity contribution in [1.82, 2.24) is 15.1 Å². The number of amides is 3. The number of β-lactam (4-membered cyclic amide) rings is 1. The predicted molar refractivity (Wildman–Crippen MR) is 211 cm³/mol. The number of hydrogen-bond acceptors (Lipinski definition) is 14. The van der Waals surface area contributed by atoms with Crippen LogP contribution in [-0.4, -0.2) is 97.5 Å². The lowest BCUT2D eigenvalue weighted by Gasteiger charge is -2.47. The summed E-state index contributed by atoms with van der Waals surface area (Å²) in [5, 5.41) is 46.1. The molecule has 3 heterocycles. The highest BCUT2D eigenvalue weighted by Crippen LogP contribution is 2.53. The van der Waals surface area contributed by atoms with Crippen LogP contribution in [0.3, 0.4) is 0 Å². The van der Waals surface area contributed by atoms with Gasteiger partial charge in [-0.2, -0.15) is 0 Å². The van der Waals surface area contributed by atoms with Crippen LogP contribution >= 0.6 is 11.8 Å². The molecule has 3 aliphatic rings. The van der Waals surface area contributed by atoms with E-state index in [1.165, 1.54) is 72.4 Å². The van der Waals surface area contributed by atoms with Crippen molar-refractivity contribution in [3.05, 3.63) is 130 Å². The van der Waals surface area contributed by atoms with Gasteiger partial charge >= 0.3 is 12.2 Å². The Bertz CT molecular complexity index is 2100.